The minimum Gasteiger partial charge on any atom is -0.482 e. The molecule has 1 heterocycles. The summed E-state index contributed by atoms with van der Waals surface area (Å²) in [5.74, 6) is 0.388. The van der Waals surface area contributed by atoms with E-state index in [-0.39, 0.29) is 36.4 Å². The molecule has 1 aliphatic rings. The van der Waals surface area contributed by atoms with Gasteiger partial charge in [0.05, 0.1) is 11.1 Å². The zero-order chi connectivity index (χ0) is 20.9. The first kappa shape index (κ1) is 24.5. The van der Waals surface area contributed by atoms with E-state index in [9.17, 15) is 4.79 Å². The highest BCUT2D eigenvalue weighted by molar-refractivity contribution is 6.32. The summed E-state index contributed by atoms with van der Waals surface area (Å²) < 4.78 is 5.56. The molecule has 1 atom stereocenters. The zero-order valence-corrected chi connectivity index (χ0v) is 19.6. The predicted octanol–water partition coefficient (Wildman–Crippen LogP) is 5.39. The Morgan fingerprint density at radius 1 is 1.10 bits per heavy atom. The summed E-state index contributed by atoms with van der Waals surface area (Å²) >= 11 is 6.08. The van der Waals surface area contributed by atoms with Crippen LogP contribution < -0.4 is 10.1 Å². The van der Waals surface area contributed by atoms with Gasteiger partial charge in [-0.15, -0.1) is 12.4 Å². The van der Waals surface area contributed by atoms with Crippen molar-refractivity contribution in [3.63, 3.8) is 0 Å². The van der Waals surface area contributed by atoms with Gasteiger partial charge >= 0.3 is 0 Å². The van der Waals surface area contributed by atoms with E-state index < -0.39 is 0 Å². The van der Waals surface area contributed by atoms with E-state index in [4.69, 9.17) is 16.3 Å². The first-order valence-electron chi connectivity index (χ1n) is 10.3. The largest absolute Gasteiger partial charge is 0.482 e. The molecular weight excluding hydrogens is 419 g/mol. The van der Waals surface area contributed by atoms with Crippen molar-refractivity contribution in [2.24, 2.45) is 0 Å². The standard InChI is InChI=1S/C24H31ClN2O2.ClH/c1-24(2,3)19-12-10-18(11-13-19)21(27-14-6-7-15-27)16-26-23(28)17-29-22-9-5-4-8-20(22)25;/h4-5,8-13,21H,6-7,14-17H2,1-3H3,(H,26,28);1H. The molecule has 30 heavy (non-hydrogen) atoms. The molecular formula is C24H32Cl2N2O2. The van der Waals surface area contributed by atoms with E-state index in [1.165, 1.54) is 24.0 Å². The van der Waals surface area contributed by atoms with Crippen LogP contribution in [-0.2, 0) is 10.2 Å². The van der Waals surface area contributed by atoms with Gasteiger partial charge in [0.2, 0.25) is 0 Å². The molecule has 3 rings (SSSR count). The van der Waals surface area contributed by atoms with Gasteiger partial charge in [0.25, 0.3) is 5.91 Å². The van der Waals surface area contributed by atoms with Crippen LogP contribution >= 0.6 is 24.0 Å². The van der Waals surface area contributed by atoms with Crippen molar-refractivity contribution in [3.8, 4) is 5.75 Å². The van der Waals surface area contributed by atoms with Crippen LogP contribution in [0.25, 0.3) is 0 Å². The minimum atomic E-state index is -0.138. The topological polar surface area (TPSA) is 41.6 Å². The summed E-state index contributed by atoms with van der Waals surface area (Å²) in [6, 6.07) is 16.2. The van der Waals surface area contributed by atoms with Gasteiger partial charge in [0.15, 0.2) is 6.61 Å². The van der Waals surface area contributed by atoms with Crippen LogP contribution in [0.15, 0.2) is 48.5 Å². The molecule has 0 saturated carbocycles. The predicted molar refractivity (Wildman–Crippen MR) is 126 cm³/mol. The van der Waals surface area contributed by atoms with Crippen LogP contribution in [0.3, 0.4) is 0 Å². The van der Waals surface area contributed by atoms with Crippen molar-refractivity contribution in [1.82, 2.24) is 10.2 Å². The van der Waals surface area contributed by atoms with E-state index in [0.29, 0.717) is 17.3 Å². The van der Waals surface area contributed by atoms with Gasteiger partial charge in [-0.3, -0.25) is 9.69 Å². The van der Waals surface area contributed by atoms with Crippen LogP contribution in [0.4, 0.5) is 0 Å². The van der Waals surface area contributed by atoms with E-state index >= 15 is 0 Å². The van der Waals surface area contributed by atoms with Crippen molar-refractivity contribution >= 4 is 29.9 Å². The lowest BCUT2D eigenvalue weighted by atomic mass is 9.86. The summed E-state index contributed by atoms with van der Waals surface area (Å²) in [6.45, 7) is 9.33. The van der Waals surface area contributed by atoms with E-state index in [2.05, 4.69) is 55.3 Å². The Hall–Kier alpha value is -1.75. The smallest absolute Gasteiger partial charge is 0.258 e. The second-order valence-corrected chi connectivity index (χ2v) is 9.06. The molecule has 0 radical (unpaired) electrons. The summed E-state index contributed by atoms with van der Waals surface area (Å²) in [5, 5.41) is 3.55. The molecule has 1 unspecified atom stereocenters. The third kappa shape index (κ3) is 6.63. The average molecular weight is 451 g/mol. The van der Waals surface area contributed by atoms with Crippen molar-refractivity contribution < 1.29 is 9.53 Å². The number of para-hydroxylation sites is 1. The van der Waals surface area contributed by atoms with Crippen molar-refractivity contribution in [2.45, 2.75) is 45.1 Å². The SMILES string of the molecule is CC(C)(C)c1ccc(C(CNC(=O)COc2ccccc2Cl)N2CCCC2)cc1.Cl. The van der Waals surface area contributed by atoms with E-state index in [1.807, 2.05) is 12.1 Å². The Labute approximate surface area is 191 Å². The molecule has 0 bridgehead atoms. The van der Waals surface area contributed by atoms with Gasteiger partial charge in [-0.2, -0.15) is 0 Å². The lowest BCUT2D eigenvalue weighted by molar-refractivity contribution is -0.123. The van der Waals surface area contributed by atoms with E-state index in [1.54, 1.807) is 12.1 Å². The molecule has 1 saturated heterocycles. The molecule has 164 valence electrons. The summed E-state index contributed by atoms with van der Waals surface area (Å²) in [6.07, 6.45) is 2.42. The Morgan fingerprint density at radius 3 is 2.33 bits per heavy atom. The number of hydrogen-bond acceptors (Lipinski definition) is 3. The number of benzene rings is 2. The van der Waals surface area contributed by atoms with Crippen LogP contribution in [0.1, 0.15) is 50.8 Å². The number of nitrogens with zero attached hydrogens (tertiary/aromatic N) is 1. The van der Waals surface area contributed by atoms with Gasteiger partial charge < -0.3 is 10.1 Å². The van der Waals surface area contributed by atoms with Gasteiger partial charge in [-0.25, -0.2) is 0 Å². The summed E-state index contributed by atoms with van der Waals surface area (Å²) in [5.41, 5.74) is 2.69. The molecule has 6 heteroatoms. The molecule has 0 aromatic heterocycles. The molecule has 2 aromatic rings. The highest BCUT2D eigenvalue weighted by Crippen LogP contribution is 2.28. The van der Waals surface area contributed by atoms with Crippen molar-refractivity contribution in [3.05, 3.63) is 64.7 Å². The number of hydrogen-bond donors (Lipinski definition) is 1. The fourth-order valence-corrected chi connectivity index (χ4v) is 3.87. The number of amides is 1. The highest BCUT2D eigenvalue weighted by Gasteiger charge is 2.24. The van der Waals surface area contributed by atoms with Gasteiger partial charge in [0.1, 0.15) is 5.75 Å². The maximum Gasteiger partial charge on any atom is 0.258 e. The maximum atomic E-state index is 12.4. The molecule has 1 fully saturated rings. The first-order chi connectivity index (χ1) is 13.8. The number of rotatable bonds is 7. The molecule has 1 amide bonds. The maximum absolute atomic E-state index is 12.4. The normalized spacial score (nSPS) is 15.3. The quantitative estimate of drug-likeness (QED) is 0.614. The number of carbonyl (C=O) groups is 1. The lowest BCUT2D eigenvalue weighted by Crippen LogP contribution is -2.38. The molecule has 1 N–H and O–H groups in total. The van der Waals surface area contributed by atoms with Gasteiger partial charge in [-0.1, -0.05) is 68.8 Å². The molecule has 1 aliphatic heterocycles. The van der Waals surface area contributed by atoms with Crippen LogP contribution in [-0.4, -0.2) is 37.0 Å². The monoisotopic (exact) mass is 450 g/mol. The number of likely N-dealkylation sites (tertiary alicyclic amines) is 1. The average Bonchev–Trinajstić information content (AvgIpc) is 3.22. The Morgan fingerprint density at radius 2 is 1.73 bits per heavy atom. The van der Waals surface area contributed by atoms with Gasteiger partial charge in [0, 0.05) is 6.54 Å². The summed E-state index contributed by atoms with van der Waals surface area (Å²) in [7, 11) is 0. The van der Waals surface area contributed by atoms with Crippen LogP contribution in [0.5, 0.6) is 5.75 Å². The van der Waals surface area contributed by atoms with Crippen LogP contribution in [0, 0.1) is 0 Å². The molecule has 4 nitrogen and oxygen atoms in total. The fraction of sp³-hybridized carbons (Fsp3) is 0.458. The van der Waals surface area contributed by atoms with Crippen molar-refractivity contribution in [1.29, 1.82) is 0 Å². The number of ether oxygens (including phenoxy) is 1. The second-order valence-electron chi connectivity index (χ2n) is 8.65. The zero-order valence-electron chi connectivity index (χ0n) is 18.0. The second kappa shape index (κ2) is 11.0. The molecule has 0 spiro atoms. The van der Waals surface area contributed by atoms with E-state index in [0.717, 1.165) is 13.1 Å². The number of halogens is 2. The first-order valence-corrected chi connectivity index (χ1v) is 10.7. The Kier molecular flexibility index (Phi) is 9.02. The molecule has 2 aromatic carbocycles. The number of carbonyl (C=O) groups excluding carboxylic acids is 1. The third-order valence-corrected chi connectivity index (χ3v) is 5.74. The van der Waals surface area contributed by atoms with Gasteiger partial charge in [-0.05, 0) is 54.6 Å². The highest BCUT2D eigenvalue weighted by atomic mass is 35.5. The van der Waals surface area contributed by atoms with Crippen LogP contribution in [0.2, 0.25) is 5.02 Å². The minimum absolute atomic E-state index is 0. The molecule has 0 aliphatic carbocycles. The summed E-state index contributed by atoms with van der Waals surface area (Å²) in [4.78, 5) is 14.8. The third-order valence-electron chi connectivity index (χ3n) is 5.43. The fourth-order valence-electron chi connectivity index (χ4n) is 3.68. The Bertz CT molecular complexity index is 813. The Balaban J connectivity index is 0.00000320. The number of nitrogens with one attached hydrogen (secondary N) is 1. The lowest BCUT2D eigenvalue weighted by Gasteiger charge is -2.29. The van der Waals surface area contributed by atoms with Crippen molar-refractivity contribution in [2.75, 3.05) is 26.2 Å².